The number of hydrogen-bond acceptors (Lipinski definition) is 7. The highest BCUT2D eigenvalue weighted by molar-refractivity contribution is 5.69. The molecule has 5 rings (SSSR count). The molecule has 0 amide bonds. The SMILES string of the molecule is CCOc1ccc(F)c(N2CCC(Oc3ccc(N4C[C@H](n5cncn5)C[C@@H]4CC(=O)O)cc3)CC2)c1. The van der Waals surface area contributed by atoms with E-state index in [2.05, 4.69) is 15.0 Å². The summed E-state index contributed by atoms with van der Waals surface area (Å²) in [6.45, 7) is 4.52. The zero-order chi connectivity index (χ0) is 25.8. The van der Waals surface area contributed by atoms with Crippen LogP contribution in [0.3, 0.4) is 0 Å². The fourth-order valence-corrected chi connectivity index (χ4v) is 5.32. The highest BCUT2D eigenvalue weighted by atomic mass is 19.1. The molecular formula is C27H32FN5O4. The molecule has 9 nitrogen and oxygen atoms in total. The molecule has 1 N–H and O–H groups in total. The molecule has 3 aromatic rings. The summed E-state index contributed by atoms with van der Waals surface area (Å²) in [4.78, 5) is 19.7. The van der Waals surface area contributed by atoms with Crippen molar-refractivity contribution in [3.05, 3.63) is 60.9 Å². The molecule has 0 radical (unpaired) electrons. The van der Waals surface area contributed by atoms with Crippen molar-refractivity contribution in [2.75, 3.05) is 36.0 Å². The van der Waals surface area contributed by atoms with Crippen LogP contribution in [-0.2, 0) is 4.79 Å². The lowest BCUT2D eigenvalue weighted by atomic mass is 10.1. The summed E-state index contributed by atoms with van der Waals surface area (Å²) in [6, 6.07) is 12.7. The summed E-state index contributed by atoms with van der Waals surface area (Å²) >= 11 is 0. The molecule has 196 valence electrons. The summed E-state index contributed by atoms with van der Waals surface area (Å²) in [6.07, 6.45) is 5.55. The van der Waals surface area contributed by atoms with Crippen molar-refractivity contribution < 1.29 is 23.8 Å². The van der Waals surface area contributed by atoms with Crippen molar-refractivity contribution in [1.82, 2.24) is 14.8 Å². The minimum Gasteiger partial charge on any atom is -0.494 e. The Morgan fingerprint density at radius 2 is 1.89 bits per heavy atom. The zero-order valence-corrected chi connectivity index (χ0v) is 20.9. The smallest absolute Gasteiger partial charge is 0.305 e. The highest BCUT2D eigenvalue weighted by Crippen LogP contribution is 2.34. The molecule has 2 saturated heterocycles. The molecule has 2 aliphatic heterocycles. The van der Waals surface area contributed by atoms with Crippen LogP contribution in [0.5, 0.6) is 11.5 Å². The van der Waals surface area contributed by atoms with Gasteiger partial charge in [-0.1, -0.05) is 0 Å². The van der Waals surface area contributed by atoms with E-state index in [1.807, 2.05) is 36.1 Å². The van der Waals surface area contributed by atoms with Crippen molar-refractivity contribution in [2.24, 2.45) is 0 Å². The molecule has 10 heteroatoms. The number of nitrogens with zero attached hydrogens (tertiary/aromatic N) is 5. The number of aliphatic carboxylic acids is 1. The Kier molecular flexibility index (Phi) is 7.43. The van der Waals surface area contributed by atoms with E-state index in [0.29, 0.717) is 44.1 Å². The quantitative estimate of drug-likeness (QED) is 0.460. The van der Waals surface area contributed by atoms with Gasteiger partial charge in [-0.2, -0.15) is 5.10 Å². The number of carboxylic acids is 1. The molecule has 37 heavy (non-hydrogen) atoms. The summed E-state index contributed by atoms with van der Waals surface area (Å²) in [5.41, 5.74) is 1.53. The van der Waals surface area contributed by atoms with Crippen molar-refractivity contribution in [1.29, 1.82) is 0 Å². The number of aromatic nitrogens is 3. The van der Waals surface area contributed by atoms with E-state index in [-0.39, 0.29) is 30.4 Å². The molecule has 1 aromatic heterocycles. The van der Waals surface area contributed by atoms with Crippen LogP contribution >= 0.6 is 0 Å². The van der Waals surface area contributed by atoms with Gasteiger partial charge in [-0.25, -0.2) is 14.1 Å². The van der Waals surface area contributed by atoms with Crippen LogP contribution in [0.4, 0.5) is 15.8 Å². The number of ether oxygens (including phenoxy) is 2. The Balaban J connectivity index is 1.19. The maximum atomic E-state index is 14.4. The van der Waals surface area contributed by atoms with Gasteiger partial charge >= 0.3 is 5.97 Å². The van der Waals surface area contributed by atoms with Crippen LogP contribution in [0.25, 0.3) is 0 Å². The first kappa shape index (κ1) is 24.9. The van der Waals surface area contributed by atoms with Crippen LogP contribution in [-0.4, -0.2) is 64.2 Å². The summed E-state index contributed by atoms with van der Waals surface area (Å²) < 4.78 is 28.0. The molecule has 0 bridgehead atoms. The number of halogens is 1. The van der Waals surface area contributed by atoms with E-state index in [9.17, 15) is 14.3 Å². The van der Waals surface area contributed by atoms with E-state index in [1.54, 1.807) is 23.1 Å². The first-order valence-electron chi connectivity index (χ1n) is 12.8. The third-order valence-corrected chi connectivity index (χ3v) is 7.10. The lowest BCUT2D eigenvalue weighted by Gasteiger charge is -2.34. The van der Waals surface area contributed by atoms with E-state index in [4.69, 9.17) is 9.47 Å². The molecule has 0 unspecified atom stereocenters. The monoisotopic (exact) mass is 509 g/mol. The summed E-state index contributed by atoms with van der Waals surface area (Å²) in [5, 5.41) is 13.7. The first-order chi connectivity index (χ1) is 18.0. The topological polar surface area (TPSA) is 93.0 Å². The molecule has 0 saturated carbocycles. The normalized spacial score (nSPS) is 20.3. The predicted molar refractivity (Wildman–Crippen MR) is 137 cm³/mol. The number of rotatable bonds is 9. The van der Waals surface area contributed by atoms with Gasteiger partial charge in [-0.05, 0) is 49.7 Å². The minimum absolute atomic E-state index is 0.0449. The Bertz CT molecular complexity index is 1180. The second-order valence-electron chi connectivity index (χ2n) is 9.51. The molecule has 2 fully saturated rings. The number of anilines is 2. The minimum atomic E-state index is -0.815. The molecule has 2 atom stereocenters. The third-order valence-electron chi connectivity index (χ3n) is 7.10. The van der Waals surface area contributed by atoms with Crippen LogP contribution in [0.15, 0.2) is 55.1 Å². The Morgan fingerprint density at radius 3 is 2.57 bits per heavy atom. The molecule has 0 aliphatic carbocycles. The van der Waals surface area contributed by atoms with Crippen molar-refractivity contribution >= 4 is 17.3 Å². The molecular weight excluding hydrogens is 477 g/mol. The van der Waals surface area contributed by atoms with E-state index >= 15 is 0 Å². The van der Waals surface area contributed by atoms with Crippen LogP contribution in [0, 0.1) is 5.82 Å². The van der Waals surface area contributed by atoms with E-state index in [0.717, 1.165) is 24.3 Å². The Labute approximate surface area is 215 Å². The van der Waals surface area contributed by atoms with Gasteiger partial charge in [0.1, 0.15) is 36.1 Å². The van der Waals surface area contributed by atoms with Crippen molar-refractivity contribution in [2.45, 2.75) is 50.8 Å². The van der Waals surface area contributed by atoms with Gasteiger partial charge in [-0.15, -0.1) is 0 Å². The van der Waals surface area contributed by atoms with Crippen LogP contribution in [0.2, 0.25) is 0 Å². The van der Waals surface area contributed by atoms with Gasteiger partial charge in [0, 0.05) is 50.3 Å². The van der Waals surface area contributed by atoms with Gasteiger partial charge in [0.2, 0.25) is 0 Å². The van der Waals surface area contributed by atoms with Crippen LogP contribution < -0.4 is 19.3 Å². The number of benzene rings is 2. The van der Waals surface area contributed by atoms with Gasteiger partial charge in [0.15, 0.2) is 0 Å². The molecule has 2 aromatic carbocycles. The largest absolute Gasteiger partial charge is 0.494 e. The number of carbonyl (C=O) groups is 1. The summed E-state index contributed by atoms with van der Waals surface area (Å²) in [5.74, 6) is 0.389. The lowest BCUT2D eigenvalue weighted by molar-refractivity contribution is -0.137. The average molecular weight is 510 g/mol. The standard InChI is InChI=1S/C27H32FN5O4/c1-2-36-24-7-8-25(28)26(15-24)31-11-9-23(10-12-31)37-22-5-3-19(4-6-22)32-16-21(33-18-29-17-30-33)13-20(32)14-27(34)35/h3-8,15,17-18,20-21,23H,2,9-14,16H2,1H3,(H,34,35)/t20-,21-/m1/s1. The van der Waals surface area contributed by atoms with Gasteiger partial charge in [-0.3, -0.25) is 4.79 Å². The second-order valence-corrected chi connectivity index (χ2v) is 9.51. The Morgan fingerprint density at radius 1 is 1.14 bits per heavy atom. The zero-order valence-electron chi connectivity index (χ0n) is 20.9. The second kappa shape index (κ2) is 11.1. The Hall–Kier alpha value is -3.82. The van der Waals surface area contributed by atoms with Crippen molar-refractivity contribution in [3.63, 3.8) is 0 Å². The maximum Gasteiger partial charge on any atom is 0.305 e. The first-order valence-corrected chi connectivity index (χ1v) is 12.8. The van der Waals surface area contributed by atoms with E-state index in [1.165, 1.54) is 12.4 Å². The number of carboxylic acid groups (broad SMARTS) is 1. The molecule has 2 aliphatic rings. The summed E-state index contributed by atoms with van der Waals surface area (Å²) in [7, 11) is 0. The lowest BCUT2D eigenvalue weighted by Crippen LogP contribution is -2.38. The average Bonchev–Trinajstić information content (AvgIpc) is 3.57. The van der Waals surface area contributed by atoms with Gasteiger partial charge < -0.3 is 24.4 Å². The number of hydrogen-bond donors (Lipinski definition) is 1. The van der Waals surface area contributed by atoms with Crippen LogP contribution in [0.1, 0.15) is 38.6 Å². The third kappa shape index (κ3) is 5.79. The number of piperidine rings is 1. The predicted octanol–water partition coefficient (Wildman–Crippen LogP) is 4.16. The fraction of sp³-hybridized carbons (Fsp3) is 0.444. The van der Waals surface area contributed by atoms with Crippen molar-refractivity contribution in [3.8, 4) is 11.5 Å². The maximum absolute atomic E-state index is 14.4. The van der Waals surface area contributed by atoms with Gasteiger partial charge in [0.05, 0.1) is 24.8 Å². The highest BCUT2D eigenvalue weighted by Gasteiger charge is 2.35. The van der Waals surface area contributed by atoms with E-state index < -0.39 is 5.97 Å². The van der Waals surface area contributed by atoms with Gasteiger partial charge in [0.25, 0.3) is 0 Å². The molecule has 3 heterocycles. The fourth-order valence-electron chi connectivity index (χ4n) is 5.32. The molecule has 0 spiro atoms.